The smallest absolute Gasteiger partial charge is 0.120 e. The molecule has 120 valence electrons. The lowest BCUT2D eigenvalue weighted by Gasteiger charge is -2.35. The summed E-state index contributed by atoms with van der Waals surface area (Å²) in [5.74, 6) is 1.28. The Morgan fingerprint density at radius 2 is 2.09 bits per heavy atom. The van der Waals surface area contributed by atoms with E-state index < -0.39 is 5.60 Å². The molecule has 1 aliphatic heterocycles. The highest BCUT2D eigenvalue weighted by molar-refractivity contribution is 9.10. The van der Waals surface area contributed by atoms with Crippen molar-refractivity contribution in [2.75, 3.05) is 26.2 Å². The number of hydrogen-bond donors (Lipinski definition) is 1. The maximum Gasteiger partial charge on any atom is 0.120 e. The van der Waals surface area contributed by atoms with Crippen LogP contribution in [0.2, 0.25) is 0 Å². The minimum atomic E-state index is -0.630. The Morgan fingerprint density at radius 3 is 2.68 bits per heavy atom. The van der Waals surface area contributed by atoms with E-state index in [4.69, 9.17) is 10.00 Å². The zero-order chi connectivity index (χ0) is 16.2. The number of nitrogens with zero attached hydrogens (tertiary/aromatic N) is 2. The molecule has 0 atom stereocenters. The molecule has 1 aromatic carbocycles. The molecule has 4 nitrogen and oxygen atoms in total. The van der Waals surface area contributed by atoms with Gasteiger partial charge in [0.1, 0.15) is 11.8 Å². The second-order valence-corrected chi connectivity index (χ2v) is 7.45. The van der Waals surface area contributed by atoms with E-state index in [1.807, 2.05) is 26.0 Å². The van der Waals surface area contributed by atoms with E-state index in [9.17, 15) is 5.11 Å². The first kappa shape index (κ1) is 17.3. The highest BCUT2D eigenvalue weighted by Crippen LogP contribution is 2.24. The summed E-state index contributed by atoms with van der Waals surface area (Å²) in [6.07, 6.45) is 2.16. The van der Waals surface area contributed by atoms with Crippen LogP contribution in [0.5, 0.6) is 5.75 Å². The number of piperidine rings is 1. The van der Waals surface area contributed by atoms with E-state index in [0.29, 0.717) is 18.1 Å². The molecule has 1 N–H and O–H groups in total. The predicted octanol–water partition coefficient (Wildman–Crippen LogP) is 3.18. The lowest BCUT2D eigenvalue weighted by atomic mass is 9.96. The Morgan fingerprint density at radius 1 is 1.41 bits per heavy atom. The van der Waals surface area contributed by atoms with Crippen LogP contribution in [0.25, 0.3) is 0 Å². The van der Waals surface area contributed by atoms with Gasteiger partial charge in [-0.05, 0) is 79.8 Å². The summed E-state index contributed by atoms with van der Waals surface area (Å²) in [6, 6.07) is 7.65. The predicted molar refractivity (Wildman–Crippen MR) is 89.8 cm³/mol. The lowest BCUT2D eigenvalue weighted by molar-refractivity contribution is 0.0212. The van der Waals surface area contributed by atoms with Gasteiger partial charge in [0.05, 0.1) is 17.8 Å². The van der Waals surface area contributed by atoms with Gasteiger partial charge in [-0.15, -0.1) is 0 Å². The number of rotatable bonds is 5. The van der Waals surface area contributed by atoms with Crippen molar-refractivity contribution in [1.29, 1.82) is 5.26 Å². The summed E-state index contributed by atoms with van der Waals surface area (Å²) in [6.45, 7) is 7.11. The van der Waals surface area contributed by atoms with Crippen molar-refractivity contribution in [2.45, 2.75) is 32.3 Å². The van der Waals surface area contributed by atoms with Gasteiger partial charge in [0.25, 0.3) is 0 Å². The van der Waals surface area contributed by atoms with Crippen LogP contribution in [0, 0.1) is 17.2 Å². The first-order valence-corrected chi connectivity index (χ1v) is 8.44. The maximum absolute atomic E-state index is 9.86. The molecule has 2 rings (SSSR count). The maximum atomic E-state index is 9.86. The third-order valence-corrected chi connectivity index (χ3v) is 4.55. The highest BCUT2D eigenvalue weighted by Gasteiger charge is 2.24. The molecule has 0 spiro atoms. The molecule has 0 saturated carbocycles. The molecule has 1 aromatic rings. The van der Waals surface area contributed by atoms with Crippen molar-refractivity contribution >= 4 is 15.9 Å². The zero-order valence-corrected chi connectivity index (χ0v) is 14.8. The molecule has 22 heavy (non-hydrogen) atoms. The molecular weight excluding hydrogens is 344 g/mol. The van der Waals surface area contributed by atoms with Crippen LogP contribution < -0.4 is 4.74 Å². The van der Waals surface area contributed by atoms with Crippen LogP contribution in [-0.2, 0) is 0 Å². The molecule has 0 aliphatic carbocycles. The summed E-state index contributed by atoms with van der Waals surface area (Å²) < 4.78 is 6.63. The van der Waals surface area contributed by atoms with Crippen molar-refractivity contribution in [3.8, 4) is 11.8 Å². The SMILES string of the molecule is CC(C)(O)CN1CCC(COc2ccc(Br)c(C#N)c2)CC1. The van der Waals surface area contributed by atoms with E-state index in [1.54, 1.807) is 6.07 Å². The molecule has 1 aliphatic rings. The number of hydrogen-bond acceptors (Lipinski definition) is 4. The van der Waals surface area contributed by atoms with Crippen molar-refractivity contribution in [3.05, 3.63) is 28.2 Å². The van der Waals surface area contributed by atoms with E-state index in [1.165, 1.54) is 0 Å². The van der Waals surface area contributed by atoms with E-state index in [0.717, 1.165) is 42.7 Å². The molecule has 0 unspecified atom stereocenters. The largest absolute Gasteiger partial charge is 0.493 e. The van der Waals surface area contributed by atoms with Gasteiger partial charge in [-0.1, -0.05) is 0 Å². The van der Waals surface area contributed by atoms with Gasteiger partial charge in [0.2, 0.25) is 0 Å². The summed E-state index contributed by atoms with van der Waals surface area (Å²) >= 11 is 3.34. The minimum absolute atomic E-state index is 0.534. The van der Waals surface area contributed by atoms with Gasteiger partial charge in [-0.25, -0.2) is 0 Å². The second kappa shape index (κ2) is 7.45. The third kappa shape index (κ3) is 5.28. The van der Waals surface area contributed by atoms with Crippen LogP contribution >= 0.6 is 15.9 Å². The summed E-state index contributed by atoms with van der Waals surface area (Å²) in [5, 5.41) is 18.9. The fourth-order valence-corrected chi connectivity index (χ4v) is 3.09. The summed E-state index contributed by atoms with van der Waals surface area (Å²) in [5.41, 5.74) is -0.0356. The summed E-state index contributed by atoms with van der Waals surface area (Å²) in [4.78, 5) is 2.31. The Labute approximate surface area is 140 Å². The van der Waals surface area contributed by atoms with Crippen molar-refractivity contribution in [1.82, 2.24) is 4.90 Å². The van der Waals surface area contributed by atoms with Gasteiger partial charge in [-0.3, -0.25) is 0 Å². The van der Waals surface area contributed by atoms with E-state index in [2.05, 4.69) is 26.9 Å². The van der Waals surface area contributed by atoms with Gasteiger partial charge in [0.15, 0.2) is 0 Å². The lowest BCUT2D eigenvalue weighted by Crippen LogP contribution is -2.43. The quantitative estimate of drug-likeness (QED) is 0.869. The Hall–Kier alpha value is -1.09. The molecule has 0 radical (unpaired) electrons. The number of likely N-dealkylation sites (tertiary alicyclic amines) is 1. The third-order valence-electron chi connectivity index (χ3n) is 3.86. The first-order valence-electron chi connectivity index (χ1n) is 7.64. The summed E-state index contributed by atoms with van der Waals surface area (Å²) in [7, 11) is 0. The molecule has 1 saturated heterocycles. The standard InChI is InChI=1S/C17H23BrN2O2/c1-17(2,21)12-20-7-5-13(6-8-20)11-22-15-3-4-16(18)14(9-15)10-19/h3-4,9,13,21H,5-8,11-12H2,1-2H3. The molecule has 0 amide bonds. The number of nitriles is 1. The van der Waals surface area contributed by atoms with Crippen LogP contribution in [0.3, 0.4) is 0 Å². The Balaban J connectivity index is 1.79. The van der Waals surface area contributed by atoms with E-state index >= 15 is 0 Å². The van der Waals surface area contributed by atoms with Crippen molar-refractivity contribution < 1.29 is 9.84 Å². The first-order chi connectivity index (χ1) is 10.4. The molecule has 1 fully saturated rings. The number of halogens is 1. The average Bonchev–Trinajstić information content (AvgIpc) is 2.46. The van der Waals surface area contributed by atoms with Crippen molar-refractivity contribution in [3.63, 3.8) is 0 Å². The monoisotopic (exact) mass is 366 g/mol. The Bertz CT molecular complexity index is 541. The number of ether oxygens (including phenoxy) is 1. The fraction of sp³-hybridized carbons (Fsp3) is 0.588. The van der Waals surface area contributed by atoms with Gasteiger partial charge in [0, 0.05) is 11.0 Å². The molecule has 5 heteroatoms. The fourth-order valence-electron chi connectivity index (χ4n) is 2.75. The molecule has 0 aromatic heterocycles. The van der Waals surface area contributed by atoms with Crippen molar-refractivity contribution in [2.24, 2.45) is 5.92 Å². The van der Waals surface area contributed by atoms with Gasteiger partial charge in [-0.2, -0.15) is 5.26 Å². The van der Waals surface area contributed by atoms with Crippen LogP contribution in [0.1, 0.15) is 32.3 Å². The topological polar surface area (TPSA) is 56.5 Å². The minimum Gasteiger partial charge on any atom is -0.493 e. The zero-order valence-electron chi connectivity index (χ0n) is 13.2. The van der Waals surface area contributed by atoms with Gasteiger partial charge >= 0.3 is 0 Å². The Kier molecular flexibility index (Phi) is 5.85. The molecule has 1 heterocycles. The van der Waals surface area contributed by atoms with Crippen LogP contribution in [-0.4, -0.2) is 41.8 Å². The molecule has 0 bridgehead atoms. The molecular formula is C17H23BrN2O2. The number of β-amino-alcohol motifs (C(OH)–C–C–N with tert-alkyl or cyclic N) is 1. The number of benzene rings is 1. The highest BCUT2D eigenvalue weighted by atomic mass is 79.9. The van der Waals surface area contributed by atoms with E-state index in [-0.39, 0.29) is 0 Å². The second-order valence-electron chi connectivity index (χ2n) is 6.60. The number of aliphatic hydroxyl groups is 1. The van der Waals surface area contributed by atoms with Gasteiger partial charge < -0.3 is 14.7 Å². The van der Waals surface area contributed by atoms with Crippen LogP contribution in [0.4, 0.5) is 0 Å². The normalized spacial score (nSPS) is 17.2. The van der Waals surface area contributed by atoms with Crippen LogP contribution in [0.15, 0.2) is 22.7 Å². The average molecular weight is 367 g/mol.